The fourth-order valence-electron chi connectivity index (χ4n) is 1.22. The van der Waals surface area contributed by atoms with Crippen molar-refractivity contribution in [3.8, 4) is 0 Å². The first-order valence-corrected chi connectivity index (χ1v) is 6.61. The van der Waals surface area contributed by atoms with Crippen LogP contribution in [0.1, 0.15) is 24.6 Å². The lowest BCUT2D eigenvalue weighted by atomic mass is 10.1. The van der Waals surface area contributed by atoms with Crippen molar-refractivity contribution in [2.75, 3.05) is 6.61 Å². The molecule has 0 N–H and O–H groups in total. The van der Waals surface area contributed by atoms with Crippen LogP contribution in [0.25, 0.3) is 0 Å². The van der Waals surface area contributed by atoms with Gasteiger partial charge in [-0.2, -0.15) is 0 Å². The van der Waals surface area contributed by atoms with Crippen LogP contribution in [-0.2, 0) is 16.0 Å². The Morgan fingerprint density at radius 3 is 2.82 bits per heavy atom. The van der Waals surface area contributed by atoms with Gasteiger partial charge >= 0.3 is 5.97 Å². The van der Waals surface area contributed by atoms with E-state index in [0.717, 1.165) is 0 Å². The molecule has 7 heteroatoms. The molecule has 0 fully saturated rings. The number of carbonyl (C=O) groups is 1. The van der Waals surface area contributed by atoms with E-state index in [1.807, 2.05) is 22.6 Å². The molecule has 0 aliphatic carbocycles. The number of hydrogen-bond donors (Lipinski definition) is 0. The standard InChI is InChI=1S/C10H9BrF2INO2/c1-2-17-7(16)4-5-3-6(14)9(11)15-8(5)10(12)13/h3,10H,2,4H2,1H3. The molecule has 0 aromatic carbocycles. The monoisotopic (exact) mass is 419 g/mol. The van der Waals surface area contributed by atoms with Crippen LogP contribution in [0.3, 0.4) is 0 Å². The van der Waals surface area contributed by atoms with Gasteiger partial charge in [0.25, 0.3) is 6.43 Å². The Balaban J connectivity index is 3.04. The maximum Gasteiger partial charge on any atom is 0.310 e. The van der Waals surface area contributed by atoms with Gasteiger partial charge in [-0.25, -0.2) is 13.8 Å². The molecule has 0 atom stereocenters. The molecule has 3 nitrogen and oxygen atoms in total. The Labute approximate surface area is 119 Å². The summed E-state index contributed by atoms with van der Waals surface area (Å²) in [5.41, 5.74) is -0.184. The van der Waals surface area contributed by atoms with E-state index < -0.39 is 12.4 Å². The third-order valence-corrected chi connectivity index (χ3v) is 4.06. The predicted octanol–water partition coefficient (Wildman–Crippen LogP) is 3.49. The van der Waals surface area contributed by atoms with Gasteiger partial charge in [0.15, 0.2) is 0 Å². The average molecular weight is 420 g/mol. The zero-order valence-corrected chi connectivity index (χ0v) is 12.6. The van der Waals surface area contributed by atoms with E-state index in [1.165, 1.54) is 6.07 Å². The summed E-state index contributed by atoms with van der Waals surface area (Å²) in [7, 11) is 0. The van der Waals surface area contributed by atoms with Gasteiger partial charge < -0.3 is 4.74 Å². The topological polar surface area (TPSA) is 39.2 Å². The highest BCUT2D eigenvalue weighted by Gasteiger charge is 2.19. The van der Waals surface area contributed by atoms with Crippen LogP contribution in [0, 0.1) is 3.57 Å². The number of rotatable bonds is 4. The molecule has 0 unspecified atom stereocenters. The molecule has 1 aromatic rings. The minimum absolute atomic E-state index is 0.191. The molecule has 0 aliphatic heterocycles. The molecule has 17 heavy (non-hydrogen) atoms. The number of pyridine rings is 1. The third kappa shape index (κ3) is 4.13. The summed E-state index contributed by atoms with van der Waals surface area (Å²) in [6, 6.07) is 1.51. The summed E-state index contributed by atoms with van der Waals surface area (Å²) in [5, 5.41) is 0. The van der Waals surface area contributed by atoms with Crippen LogP contribution >= 0.6 is 38.5 Å². The summed E-state index contributed by atoms with van der Waals surface area (Å²) in [4.78, 5) is 15.0. The normalized spacial score (nSPS) is 10.7. The van der Waals surface area contributed by atoms with Crippen molar-refractivity contribution in [3.05, 3.63) is 25.5 Å². The SMILES string of the molecule is CCOC(=O)Cc1cc(I)c(Br)nc1C(F)F. The van der Waals surface area contributed by atoms with E-state index in [4.69, 9.17) is 4.74 Å². The fourth-order valence-corrected chi connectivity index (χ4v) is 2.02. The Bertz CT molecular complexity index is 429. The summed E-state index contributed by atoms with van der Waals surface area (Å²) < 4.78 is 31.2. The smallest absolute Gasteiger partial charge is 0.310 e. The zero-order chi connectivity index (χ0) is 13.0. The molecule has 1 aromatic heterocycles. The lowest BCUT2D eigenvalue weighted by Crippen LogP contribution is -2.11. The predicted molar refractivity (Wildman–Crippen MR) is 69.9 cm³/mol. The summed E-state index contributed by atoms with van der Waals surface area (Å²) >= 11 is 5.03. The highest BCUT2D eigenvalue weighted by Crippen LogP contribution is 2.27. The number of nitrogens with zero attached hydrogens (tertiary/aromatic N) is 1. The Morgan fingerprint density at radius 2 is 2.29 bits per heavy atom. The number of carbonyl (C=O) groups excluding carboxylic acids is 1. The summed E-state index contributed by atoms with van der Waals surface area (Å²) in [5.74, 6) is -0.533. The highest BCUT2D eigenvalue weighted by atomic mass is 127. The lowest BCUT2D eigenvalue weighted by Gasteiger charge is -2.09. The number of halogens is 4. The van der Waals surface area contributed by atoms with E-state index in [0.29, 0.717) is 8.17 Å². The van der Waals surface area contributed by atoms with E-state index in [-0.39, 0.29) is 24.3 Å². The van der Waals surface area contributed by atoms with Crippen molar-refractivity contribution >= 4 is 44.5 Å². The van der Waals surface area contributed by atoms with Gasteiger partial charge in [-0.15, -0.1) is 0 Å². The van der Waals surface area contributed by atoms with Gasteiger partial charge in [0.05, 0.1) is 13.0 Å². The second-order valence-corrected chi connectivity index (χ2v) is 5.00. The van der Waals surface area contributed by atoms with Crippen molar-refractivity contribution in [3.63, 3.8) is 0 Å². The van der Waals surface area contributed by atoms with Crippen molar-refractivity contribution in [1.29, 1.82) is 0 Å². The van der Waals surface area contributed by atoms with Crippen LogP contribution in [-0.4, -0.2) is 17.6 Å². The molecular formula is C10H9BrF2INO2. The van der Waals surface area contributed by atoms with E-state index in [9.17, 15) is 13.6 Å². The first-order valence-electron chi connectivity index (χ1n) is 4.74. The molecule has 0 spiro atoms. The van der Waals surface area contributed by atoms with Gasteiger partial charge in [-0.05, 0) is 57.1 Å². The molecule has 0 amide bonds. The molecular weight excluding hydrogens is 411 g/mol. The molecule has 1 rings (SSSR count). The second-order valence-electron chi connectivity index (χ2n) is 3.09. The molecule has 94 valence electrons. The molecule has 0 saturated heterocycles. The molecule has 0 bridgehead atoms. The second kappa shape index (κ2) is 6.58. The van der Waals surface area contributed by atoms with E-state index in [1.54, 1.807) is 6.92 Å². The number of hydrogen-bond acceptors (Lipinski definition) is 3. The minimum Gasteiger partial charge on any atom is -0.466 e. The molecule has 0 radical (unpaired) electrons. The molecule has 1 heterocycles. The maximum absolute atomic E-state index is 12.7. The number of esters is 1. The van der Waals surface area contributed by atoms with Gasteiger partial charge in [-0.3, -0.25) is 4.79 Å². The van der Waals surface area contributed by atoms with Crippen LogP contribution in [0.4, 0.5) is 8.78 Å². The average Bonchev–Trinajstić information content (AvgIpc) is 2.23. The Morgan fingerprint density at radius 1 is 1.65 bits per heavy atom. The maximum atomic E-state index is 12.7. The van der Waals surface area contributed by atoms with E-state index >= 15 is 0 Å². The first kappa shape index (κ1) is 14.7. The minimum atomic E-state index is -2.72. The van der Waals surface area contributed by atoms with Crippen molar-refractivity contribution in [2.45, 2.75) is 19.8 Å². The van der Waals surface area contributed by atoms with Crippen molar-refractivity contribution in [1.82, 2.24) is 4.98 Å². The van der Waals surface area contributed by atoms with Crippen LogP contribution < -0.4 is 0 Å². The first-order chi connectivity index (χ1) is 7.95. The van der Waals surface area contributed by atoms with Crippen LogP contribution in [0.15, 0.2) is 10.7 Å². The lowest BCUT2D eigenvalue weighted by molar-refractivity contribution is -0.142. The van der Waals surface area contributed by atoms with Gasteiger partial charge in [-0.1, -0.05) is 0 Å². The van der Waals surface area contributed by atoms with Crippen LogP contribution in [0.5, 0.6) is 0 Å². The van der Waals surface area contributed by atoms with Crippen LogP contribution in [0.2, 0.25) is 0 Å². The van der Waals surface area contributed by atoms with Crippen molar-refractivity contribution in [2.24, 2.45) is 0 Å². The molecule has 0 saturated carbocycles. The fraction of sp³-hybridized carbons (Fsp3) is 0.400. The zero-order valence-electron chi connectivity index (χ0n) is 8.84. The Kier molecular flexibility index (Phi) is 5.71. The van der Waals surface area contributed by atoms with Gasteiger partial charge in [0.1, 0.15) is 10.3 Å². The largest absolute Gasteiger partial charge is 0.466 e. The van der Waals surface area contributed by atoms with E-state index in [2.05, 4.69) is 20.9 Å². The van der Waals surface area contributed by atoms with Gasteiger partial charge in [0.2, 0.25) is 0 Å². The van der Waals surface area contributed by atoms with Gasteiger partial charge in [0, 0.05) is 3.57 Å². The quantitative estimate of drug-likeness (QED) is 0.426. The Hall–Kier alpha value is -0.310. The van der Waals surface area contributed by atoms with Crippen molar-refractivity contribution < 1.29 is 18.3 Å². The highest BCUT2D eigenvalue weighted by molar-refractivity contribution is 14.1. The third-order valence-electron chi connectivity index (χ3n) is 1.89. The number of aromatic nitrogens is 1. The summed E-state index contributed by atoms with van der Waals surface area (Å²) in [6.45, 7) is 1.89. The number of ether oxygens (including phenoxy) is 1. The molecule has 0 aliphatic rings. The summed E-state index contributed by atoms with van der Waals surface area (Å²) in [6.07, 6.45) is -2.91. The number of alkyl halides is 2.